The summed E-state index contributed by atoms with van der Waals surface area (Å²) >= 11 is 0. The topological polar surface area (TPSA) is 12.9 Å². The van der Waals surface area contributed by atoms with Gasteiger partial charge in [0, 0.05) is 26.3 Å². The van der Waals surface area contributed by atoms with Crippen LogP contribution in [0.5, 0.6) is 0 Å². The first-order valence-electron chi connectivity index (χ1n) is 5.18. The minimum atomic E-state index is 0. The molecule has 1 nitrogen and oxygen atoms in total. The molecule has 1 aliphatic rings. The van der Waals surface area contributed by atoms with Crippen molar-refractivity contribution in [2.75, 3.05) is 0 Å². The number of fused-ring (bicyclic) bond motifs is 3. The van der Waals surface area contributed by atoms with Crippen molar-refractivity contribution >= 4 is 0 Å². The molecule has 1 aliphatic carbocycles. The van der Waals surface area contributed by atoms with Crippen LogP contribution in [-0.4, -0.2) is 4.98 Å². The molecule has 0 saturated carbocycles. The fraction of sp³-hybridized carbons (Fsp3) is 0.214. The summed E-state index contributed by atoms with van der Waals surface area (Å²) in [5.41, 5.74) is 4.97. The van der Waals surface area contributed by atoms with E-state index in [1.807, 2.05) is 24.4 Å². The third-order valence-corrected chi connectivity index (χ3v) is 3.25. The van der Waals surface area contributed by atoms with Crippen molar-refractivity contribution in [3.05, 3.63) is 53.7 Å². The summed E-state index contributed by atoms with van der Waals surface area (Å²) in [4.78, 5) is 4.46. The van der Waals surface area contributed by atoms with Gasteiger partial charge in [-0.3, -0.25) is 0 Å². The predicted molar refractivity (Wildman–Crippen MR) is 60.6 cm³/mol. The van der Waals surface area contributed by atoms with Crippen LogP contribution in [0.3, 0.4) is 0 Å². The van der Waals surface area contributed by atoms with Gasteiger partial charge in [-0.1, -0.05) is 25.5 Å². The molecule has 1 aromatic carbocycles. The van der Waals surface area contributed by atoms with Crippen molar-refractivity contribution in [3.63, 3.8) is 0 Å². The van der Waals surface area contributed by atoms with Crippen molar-refractivity contribution in [2.24, 2.45) is 0 Å². The molecular weight excluding hydrogens is 374 g/mol. The van der Waals surface area contributed by atoms with Crippen LogP contribution in [0.1, 0.15) is 25.0 Å². The predicted octanol–water partition coefficient (Wildman–Crippen LogP) is 3.19. The smallest absolute Gasteiger partial charge is 0.0160 e. The van der Waals surface area contributed by atoms with Gasteiger partial charge in [0.05, 0.1) is 0 Å². The Bertz CT molecular complexity index is 484. The first-order valence-corrected chi connectivity index (χ1v) is 5.18. The summed E-state index contributed by atoms with van der Waals surface area (Å²) in [6.45, 7) is 4.49. The third-order valence-electron chi connectivity index (χ3n) is 3.25. The maximum absolute atomic E-state index is 4.46. The number of nitrogens with zero attached hydrogens (tertiary/aromatic N) is 1. The van der Waals surface area contributed by atoms with Gasteiger partial charge in [-0.25, -0.2) is 0 Å². The summed E-state index contributed by atoms with van der Waals surface area (Å²) in [7, 11) is 0. The Morgan fingerprint density at radius 3 is 2.69 bits per heavy atom. The second-order valence-corrected chi connectivity index (χ2v) is 4.48. The maximum atomic E-state index is 4.46. The zero-order valence-corrected chi connectivity index (χ0v) is 11.6. The van der Waals surface area contributed by atoms with E-state index in [4.69, 9.17) is 0 Å². The van der Waals surface area contributed by atoms with Crippen LogP contribution < -0.4 is 0 Å². The molecule has 0 amide bonds. The number of rotatable bonds is 0. The quantitative estimate of drug-likeness (QED) is 0.634. The summed E-state index contributed by atoms with van der Waals surface area (Å²) in [5, 5.41) is 0. The van der Waals surface area contributed by atoms with E-state index in [1.54, 1.807) is 0 Å². The zero-order valence-electron chi connectivity index (χ0n) is 9.24. The summed E-state index contributed by atoms with van der Waals surface area (Å²) in [6.07, 6.45) is 1.85. The molecular formula is C14H12IrN-. The molecule has 83 valence electrons. The van der Waals surface area contributed by atoms with Gasteiger partial charge < -0.3 is 4.98 Å². The SMILES string of the molecule is CC1(C)c2ccc[c-]c2-c2ncccc21.[Ir]. The van der Waals surface area contributed by atoms with E-state index < -0.39 is 0 Å². The molecule has 0 aliphatic heterocycles. The molecule has 0 N–H and O–H groups in total. The Morgan fingerprint density at radius 1 is 1.12 bits per heavy atom. The van der Waals surface area contributed by atoms with E-state index in [9.17, 15) is 0 Å². The number of aromatic nitrogens is 1. The van der Waals surface area contributed by atoms with Crippen LogP contribution >= 0.6 is 0 Å². The third kappa shape index (κ3) is 1.37. The Labute approximate surface area is 109 Å². The van der Waals surface area contributed by atoms with Crippen molar-refractivity contribution in [2.45, 2.75) is 19.3 Å². The zero-order chi connectivity index (χ0) is 10.5. The van der Waals surface area contributed by atoms with Gasteiger partial charge in [-0.2, -0.15) is 0 Å². The molecule has 1 radical (unpaired) electrons. The molecule has 1 heterocycles. The van der Waals surface area contributed by atoms with E-state index in [2.05, 4.69) is 37.0 Å². The molecule has 1 aromatic heterocycles. The standard InChI is InChI=1S/C14H12N.Ir/c1-14(2)11-7-4-3-6-10(11)13-12(14)8-5-9-15-13;/h3-5,7-9H,1-2H3;/q-1;. The first-order chi connectivity index (χ1) is 7.21. The number of pyridine rings is 1. The van der Waals surface area contributed by atoms with Gasteiger partial charge in [0.15, 0.2) is 0 Å². The Hall–Kier alpha value is -0.981. The van der Waals surface area contributed by atoms with E-state index >= 15 is 0 Å². The van der Waals surface area contributed by atoms with Crippen LogP contribution in [0.15, 0.2) is 36.5 Å². The Balaban J connectivity index is 0.000000963. The van der Waals surface area contributed by atoms with Gasteiger partial charge in [0.1, 0.15) is 0 Å². The molecule has 0 unspecified atom stereocenters. The van der Waals surface area contributed by atoms with Crippen LogP contribution in [0.4, 0.5) is 0 Å². The largest absolute Gasteiger partial charge is 0.304 e. The minimum absolute atomic E-state index is 0. The average Bonchev–Trinajstić information content (AvgIpc) is 2.51. The van der Waals surface area contributed by atoms with Gasteiger partial charge in [0.2, 0.25) is 0 Å². The Morgan fingerprint density at radius 2 is 1.88 bits per heavy atom. The van der Waals surface area contributed by atoms with E-state index in [0.29, 0.717) is 0 Å². The molecule has 0 atom stereocenters. The van der Waals surface area contributed by atoms with E-state index in [0.717, 1.165) is 11.3 Å². The van der Waals surface area contributed by atoms with Crippen LogP contribution in [0, 0.1) is 6.07 Å². The molecule has 0 bridgehead atoms. The fourth-order valence-electron chi connectivity index (χ4n) is 2.41. The maximum Gasteiger partial charge on any atom is 0.0160 e. The number of hydrogen-bond donors (Lipinski definition) is 0. The Kier molecular flexibility index (Phi) is 2.73. The van der Waals surface area contributed by atoms with Gasteiger partial charge in [-0.15, -0.1) is 35.4 Å². The molecule has 0 fully saturated rings. The average molecular weight is 386 g/mol. The van der Waals surface area contributed by atoms with Gasteiger partial charge in [-0.05, 0) is 17.2 Å². The second-order valence-electron chi connectivity index (χ2n) is 4.48. The monoisotopic (exact) mass is 387 g/mol. The molecule has 2 heteroatoms. The molecule has 16 heavy (non-hydrogen) atoms. The van der Waals surface area contributed by atoms with Crippen LogP contribution in [-0.2, 0) is 25.5 Å². The molecule has 3 rings (SSSR count). The van der Waals surface area contributed by atoms with Crippen molar-refractivity contribution < 1.29 is 20.1 Å². The van der Waals surface area contributed by atoms with Crippen molar-refractivity contribution in [3.8, 4) is 11.3 Å². The summed E-state index contributed by atoms with van der Waals surface area (Å²) in [6, 6.07) is 13.6. The second kappa shape index (κ2) is 3.80. The molecule has 0 saturated heterocycles. The number of benzene rings is 1. The first kappa shape index (κ1) is 11.5. The van der Waals surface area contributed by atoms with Crippen LogP contribution in [0.2, 0.25) is 0 Å². The van der Waals surface area contributed by atoms with E-state index in [1.165, 1.54) is 11.1 Å². The fourth-order valence-corrected chi connectivity index (χ4v) is 2.41. The molecule has 2 aromatic rings. The summed E-state index contributed by atoms with van der Waals surface area (Å²) < 4.78 is 0. The minimum Gasteiger partial charge on any atom is -0.304 e. The molecule has 0 spiro atoms. The van der Waals surface area contributed by atoms with Gasteiger partial charge >= 0.3 is 0 Å². The summed E-state index contributed by atoms with van der Waals surface area (Å²) in [5.74, 6) is 0. The van der Waals surface area contributed by atoms with Crippen LogP contribution in [0.25, 0.3) is 11.3 Å². The van der Waals surface area contributed by atoms with Gasteiger partial charge in [0.25, 0.3) is 0 Å². The van der Waals surface area contributed by atoms with E-state index in [-0.39, 0.29) is 25.5 Å². The number of hydrogen-bond acceptors (Lipinski definition) is 1. The van der Waals surface area contributed by atoms with Crippen molar-refractivity contribution in [1.82, 2.24) is 4.98 Å². The van der Waals surface area contributed by atoms with Crippen molar-refractivity contribution in [1.29, 1.82) is 0 Å². The normalized spacial score (nSPS) is 14.9.